The van der Waals surface area contributed by atoms with Crippen molar-refractivity contribution in [2.45, 2.75) is 25.3 Å². The maximum Gasteiger partial charge on any atom is 0.247 e. The summed E-state index contributed by atoms with van der Waals surface area (Å²) in [6.07, 6.45) is 1.17. The van der Waals surface area contributed by atoms with E-state index in [9.17, 15) is 9.18 Å². The van der Waals surface area contributed by atoms with Crippen molar-refractivity contribution in [1.82, 2.24) is 0 Å². The fraction of sp³-hybridized carbons (Fsp3) is 0.235. The fourth-order valence-corrected chi connectivity index (χ4v) is 2.97. The molecule has 2 aromatic rings. The summed E-state index contributed by atoms with van der Waals surface area (Å²) in [5.41, 5.74) is 8.30. The van der Waals surface area contributed by atoms with Crippen molar-refractivity contribution in [3.63, 3.8) is 0 Å². The van der Waals surface area contributed by atoms with Crippen LogP contribution in [0.1, 0.15) is 23.1 Å². The Labute approximate surface area is 123 Å². The van der Waals surface area contributed by atoms with Gasteiger partial charge >= 0.3 is 0 Å². The van der Waals surface area contributed by atoms with E-state index in [1.165, 1.54) is 12.1 Å². The van der Waals surface area contributed by atoms with Crippen LogP contribution in [0, 0.1) is 12.7 Å². The molecule has 1 aliphatic rings. The lowest BCUT2D eigenvalue weighted by Crippen LogP contribution is -2.46. The van der Waals surface area contributed by atoms with E-state index in [1.807, 2.05) is 31.2 Å². The molecule has 1 aliphatic carbocycles. The number of anilines is 1. The van der Waals surface area contributed by atoms with Crippen LogP contribution in [0.5, 0.6) is 0 Å². The number of hydrogen-bond acceptors (Lipinski definition) is 2. The number of fused-ring (bicyclic) bond motifs is 1. The van der Waals surface area contributed by atoms with Gasteiger partial charge in [-0.2, -0.15) is 0 Å². The molecule has 0 radical (unpaired) electrons. The zero-order valence-electron chi connectivity index (χ0n) is 11.8. The van der Waals surface area contributed by atoms with E-state index < -0.39 is 11.4 Å². The monoisotopic (exact) mass is 284 g/mol. The van der Waals surface area contributed by atoms with Gasteiger partial charge in [0.1, 0.15) is 11.4 Å². The summed E-state index contributed by atoms with van der Waals surface area (Å²) >= 11 is 0. The number of carbonyl (C=O) groups is 1. The molecule has 1 amide bonds. The normalized spacial score (nSPS) is 20.1. The first kappa shape index (κ1) is 13.6. The molecule has 0 saturated heterocycles. The van der Waals surface area contributed by atoms with E-state index in [2.05, 4.69) is 5.32 Å². The number of nitrogens with one attached hydrogen (secondary N) is 1. The Morgan fingerprint density at radius 3 is 2.62 bits per heavy atom. The highest BCUT2D eigenvalue weighted by Gasteiger charge is 2.44. The molecule has 4 heteroatoms. The van der Waals surface area contributed by atoms with Gasteiger partial charge < -0.3 is 11.1 Å². The second-order valence-electron chi connectivity index (χ2n) is 5.56. The molecule has 1 atom stereocenters. The van der Waals surface area contributed by atoms with E-state index in [0.717, 1.165) is 22.4 Å². The quantitative estimate of drug-likeness (QED) is 0.910. The molecule has 0 bridgehead atoms. The molecule has 2 aromatic carbocycles. The molecular formula is C17H17FN2O. The van der Waals surface area contributed by atoms with Crippen LogP contribution in [0.15, 0.2) is 42.5 Å². The molecule has 0 aliphatic heterocycles. The summed E-state index contributed by atoms with van der Waals surface area (Å²) in [6.45, 7) is 2.00. The molecule has 3 rings (SSSR count). The van der Waals surface area contributed by atoms with Crippen LogP contribution in [-0.4, -0.2) is 5.91 Å². The SMILES string of the molecule is Cc1ccc(NC2(C(N)=O)CCc3cc(F)ccc32)cc1. The molecular weight excluding hydrogens is 267 g/mol. The molecule has 21 heavy (non-hydrogen) atoms. The molecule has 3 N–H and O–H groups in total. The third-order valence-electron chi connectivity index (χ3n) is 4.13. The maximum absolute atomic E-state index is 13.3. The van der Waals surface area contributed by atoms with Crippen molar-refractivity contribution in [1.29, 1.82) is 0 Å². The molecule has 0 aromatic heterocycles. The van der Waals surface area contributed by atoms with Gasteiger partial charge in [0.25, 0.3) is 0 Å². The van der Waals surface area contributed by atoms with Crippen molar-refractivity contribution in [3.05, 3.63) is 65.0 Å². The summed E-state index contributed by atoms with van der Waals surface area (Å²) in [5.74, 6) is -0.724. The summed E-state index contributed by atoms with van der Waals surface area (Å²) < 4.78 is 13.3. The minimum atomic E-state index is -0.960. The Hall–Kier alpha value is -2.36. The minimum absolute atomic E-state index is 0.288. The van der Waals surface area contributed by atoms with Gasteiger partial charge in [0.05, 0.1) is 0 Å². The molecule has 1 unspecified atom stereocenters. The number of primary amides is 1. The highest BCUT2D eigenvalue weighted by molar-refractivity contribution is 5.90. The van der Waals surface area contributed by atoms with Crippen LogP contribution in [0.25, 0.3) is 0 Å². The lowest BCUT2D eigenvalue weighted by molar-refractivity contribution is -0.122. The number of rotatable bonds is 3. The molecule has 0 spiro atoms. The molecule has 108 valence electrons. The molecule has 0 heterocycles. The number of halogens is 1. The van der Waals surface area contributed by atoms with Crippen molar-refractivity contribution < 1.29 is 9.18 Å². The smallest absolute Gasteiger partial charge is 0.247 e. The Morgan fingerprint density at radius 1 is 1.24 bits per heavy atom. The standard InChI is InChI=1S/C17H17FN2O/c1-11-2-5-14(6-3-11)20-17(16(19)21)9-8-12-10-13(18)4-7-15(12)17/h2-7,10,20H,8-9H2,1H3,(H2,19,21). The number of hydrogen-bond donors (Lipinski definition) is 2. The van der Waals surface area contributed by atoms with Gasteiger partial charge in [-0.3, -0.25) is 4.79 Å². The van der Waals surface area contributed by atoms with E-state index >= 15 is 0 Å². The third-order valence-corrected chi connectivity index (χ3v) is 4.13. The zero-order valence-corrected chi connectivity index (χ0v) is 11.8. The Morgan fingerprint density at radius 2 is 1.95 bits per heavy atom. The summed E-state index contributed by atoms with van der Waals surface area (Å²) in [5, 5.41) is 3.26. The average molecular weight is 284 g/mol. The zero-order chi connectivity index (χ0) is 15.0. The van der Waals surface area contributed by atoms with E-state index in [1.54, 1.807) is 6.07 Å². The van der Waals surface area contributed by atoms with Gasteiger partial charge in [-0.25, -0.2) is 4.39 Å². The van der Waals surface area contributed by atoms with Crippen LogP contribution < -0.4 is 11.1 Å². The predicted molar refractivity (Wildman–Crippen MR) is 80.4 cm³/mol. The summed E-state index contributed by atoms with van der Waals surface area (Å²) in [7, 11) is 0. The first-order chi connectivity index (χ1) is 10.0. The number of amides is 1. The summed E-state index contributed by atoms with van der Waals surface area (Å²) in [4.78, 5) is 12.1. The largest absolute Gasteiger partial charge is 0.368 e. The lowest BCUT2D eigenvalue weighted by atomic mass is 9.90. The van der Waals surface area contributed by atoms with E-state index in [0.29, 0.717) is 12.8 Å². The van der Waals surface area contributed by atoms with Crippen LogP contribution >= 0.6 is 0 Å². The van der Waals surface area contributed by atoms with Crippen molar-refractivity contribution in [2.75, 3.05) is 5.32 Å². The van der Waals surface area contributed by atoms with Gasteiger partial charge in [0.15, 0.2) is 0 Å². The Balaban J connectivity index is 2.03. The van der Waals surface area contributed by atoms with Crippen LogP contribution in [0.3, 0.4) is 0 Å². The van der Waals surface area contributed by atoms with Crippen molar-refractivity contribution >= 4 is 11.6 Å². The first-order valence-corrected chi connectivity index (χ1v) is 6.95. The Bertz CT molecular complexity index is 696. The molecule has 0 saturated carbocycles. The third kappa shape index (κ3) is 2.27. The number of benzene rings is 2. The number of nitrogens with two attached hydrogens (primary N) is 1. The van der Waals surface area contributed by atoms with Gasteiger partial charge in [0.2, 0.25) is 5.91 Å². The Kier molecular flexibility index (Phi) is 3.16. The first-order valence-electron chi connectivity index (χ1n) is 6.95. The molecule has 3 nitrogen and oxygen atoms in total. The van der Waals surface area contributed by atoms with Gasteiger partial charge in [-0.05, 0) is 55.2 Å². The maximum atomic E-state index is 13.3. The van der Waals surface area contributed by atoms with Crippen LogP contribution in [-0.2, 0) is 16.8 Å². The second-order valence-corrected chi connectivity index (χ2v) is 5.56. The van der Waals surface area contributed by atoms with Crippen LogP contribution in [0.2, 0.25) is 0 Å². The highest BCUT2D eigenvalue weighted by atomic mass is 19.1. The average Bonchev–Trinajstić information content (AvgIpc) is 2.81. The van der Waals surface area contributed by atoms with E-state index in [-0.39, 0.29) is 5.82 Å². The molecule has 0 fully saturated rings. The van der Waals surface area contributed by atoms with Crippen molar-refractivity contribution in [3.8, 4) is 0 Å². The van der Waals surface area contributed by atoms with Gasteiger partial charge in [-0.15, -0.1) is 0 Å². The number of carbonyl (C=O) groups excluding carboxylic acids is 1. The summed E-state index contributed by atoms with van der Waals surface area (Å²) in [6, 6.07) is 12.3. The topological polar surface area (TPSA) is 55.1 Å². The highest BCUT2D eigenvalue weighted by Crippen LogP contribution is 2.39. The van der Waals surface area contributed by atoms with Crippen LogP contribution in [0.4, 0.5) is 10.1 Å². The van der Waals surface area contributed by atoms with Crippen molar-refractivity contribution in [2.24, 2.45) is 5.73 Å². The lowest BCUT2D eigenvalue weighted by Gasteiger charge is -2.29. The second kappa shape index (κ2) is 4.88. The predicted octanol–water partition coefficient (Wildman–Crippen LogP) is 2.87. The van der Waals surface area contributed by atoms with E-state index in [4.69, 9.17) is 5.73 Å². The fourth-order valence-electron chi connectivity index (χ4n) is 2.97. The van der Waals surface area contributed by atoms with Gasteiger partial charge in [0, 0.05) is 5.69 Å². The minimum Gasteiger partial charge on any atom is -0.368 e. The number of aryl methyl sites for hydroxylation is 2. The van der Waals surface area contributed by atoms with Gasteiger partial charge in [-0.1, -0.05) is 23.8 Å².